The van der Waals surface area contributed by atoms with Crippen LogP contribution in [-0.2, 0) is 4.79 Å². The molecule has 1 aliphatic rings. The number of carbonyl (C=O) groups is 1. The van der Waals surface area contributed by atoms with Crippen molar-refractivity contribution in [3.05, 3.63) is 0 Å². The van der Waals surface area contributed by atoms with Crippen LogP contribution in [0.4, 0.5) is 0 Å². The molecule has 1 atom stereocenters. The van der Waals surface area contributed by atoms with Crippen LogP contribution in [0, 0.1) is 5.92 Å². The number of carboxylic acid groups (broad SMARTS) is 1. The van der Waals surface area contributed by atoms with Gasteiger partial charge in [-0.3, -0.25) is 4.79 Å². The number of rotatable bonds is 10. The van der Waals surface area contributed by atoms with Crippen molar-refractivity contribution in [1.29, 1.82) is 0 Å². The summed E-state index contributed by atoms with van der Waals surface area (Å²) in [6, 6.07) is 0. The van der Waals surface area contributed by atoms with Crippen LogP contribution >= 0.6 is 0 Å². The Kier molecular flexibility index (Phi) is 8.27. The molecule has 0 heterocycles. The molecule has 4 heteroatoms. The summed E-state index contributed by atoms with van der Waals surface area (Å²) in [5, 5.41) is 12.4. The lowest BCUT2D eigenvalue weighted by molar-refractivity contribution is -0.144. The van der Waals surface area contributed by atoms with Gasteiger partial charge in [0.05, 0.1) is 0 Å². The van der Waals surface area contributed by atoms with Gasteiger partial charge in [0.1, 0.15) is 5.54 Å². The van der Waals surface area contributed by atoms with Crippen LogP contribution < -0.4 is 5.32 Å². The van der Waals surface area contributed by atoms with Crippen molar-refractivity contribution in [2.75, 3.05) is 26.7 Å². The van der Waals surface area contributed by atoms with E-state index in [1.807, 2.05) is 6.92 Å². The minimum absolute atomic E-state index is 0.699. The maximum atomic E-state index is 11.3. The highest BCUT2D eigenvalue weighted by Gasteiger charge is 2.31. The Morgan fingerprint density at radius 1 is 1.29 bits per heavy atom. The number of carboxylic acids is 1. The van der Waals surface area contributed by atoms with E-state index in [-0.39, 0.29) is 0 Å². The predicted octanol–water partition coefficient (Wildman–Crippen LogP) is 3.12. The first-order chi connectivity index (χ1) is 9.98. The molecule has 0 aromatic heterocycles. The zero-order valence-corrected chi connectivity index (χ0v) is 14.2. The van der Waals surface area contributed by atoms with Crippen LogP contribution in [0.3, 0.4) is 0 Å². The summed E-state index contributed by atoms with van der Waals surface area (Å²) in [5.41, 5.74) is -0.767. The van der Waals surface area contributed by atoms with Gasteiger partial charge in [-0.1, -0.05) is 26.2 Å². The summed E-state index contributed by atoms with van der Waals surface area (Å²) >= 11 is 0. The topological polar surface area (TPSA) is 52.6 Å². The average Bonchev–Trinajstić information content (AvgIpc) is 2.45. The van der Waals surface area contributed by atoms with Gasteiger partial charge < -0.3 is 15.3 Å². The predicted molar refractivity (Wildman–Crippen MR) is 87.6 cm³/mol. The molecule has 0 radical (unpaired) electrons. The van der Waals surface area contributed by atoms with Crippen molar-refractivity contribution in [2.45, 2.75) is 70.8 Å². The minimum atomic E-state index is -0.767. The van der Waals surface area contributed by atoms with Crippen molar-refractivity contribution in [1.82, 2.24) is 10.2 Å². The maximum absolute atomic E-state index is 11.3. The highest BCUT2D eigenvalue weighted by molar-refractivity contribution is 5.78. The molecular formula is C17H34N2O2. The van der Waals surface area contributed by atoms with E-state index in [2.05, 4.69) is 17.3 Å². The van der Waals surface area contributed by atoms with Crippen LogP contribution in [0.25, 0.3) is 0 Å². The normalized spacial score (nSPS) is 19.6. The lowest BCUT2D eigenvalue weighted by Crippen LogP contribution is -2.49. The van der Waals surface area contributed by atoms with Gasteiger partial charge in [0.25, 0.3) is 0 Å². The molecule has 21 heavy (non-hydrogen) atoms. The second-order valence-electron chi connectivity index (χ2n) is 6.89. The molecule has 1 aliphatic carbocycles. The van der Waals surface area contributed by atoms with Gasteiger partial charge in [0, 0.05) is 6.54 Å². The van der Waals surface area contributed by atoms with Gasteiger partial charge in [0.15, 0.2) is 0 Å². The molecule has 0 amide bonds. The average molecular weight is 298 g/mol. The van der Waals surface area contributed by atoms with E-state index in [0.717, 1.165) is 25.3 Å². The molecule has 0 spiro atoms. The molecule has 4 nitrogen and oxygen atoms in total. The van der Waals surface area contributed by atoms with Crippen molar-refractivity contribution in [3.8, 4) is 0 Å². The SMILES string of the molecule is CCNC(C)(CCCCN(C)CC1CCCCC1)C(=O)O. The first-order valence-corrected chi connectivity index (χ1v) is 8.65. The number of hydrogen-bond donors (Lipinski definition) is 2. The van der Waals surface area contributed by atoms with E-state index in [9.17, 15) is 9.90 Å². The molecule has 1 fully saturated rings. The molecule has 0 aromatic rings. The van der Waals surface area contributed by atoms with Crippen LogP contribution in [-0.4, -0.2) is 48.2 Å². The maximum Gasteiger partial charge on any atom is 0.323 e. The first-order valence-electron chi connectivity index (χ1n) is 8.65. The Hall–Kier alpha value is -0.610. The number of aliphatic carboxylic acids is 1. The Morgan fingerprint density at radius 3 is 2.52 bits per heavy atom. The first kappa shape index (κ1) is 18.4. The van der Waals surface area contributed by atoms with Crippen molar-refractivity contribution >= 4 is 5.97 Å². The fourth-order valence-corrected chi connectivity index (χ4v) is 3.42. The van der Waals surface area contributed by atoms with Gasteiger partial charge in [-0.15, -0.1) is 0 Å². The number of nitrogens with zero attached hydrogens (tertiary/aromatic N) is 1. The van der Waals surface area contributed by atoms with E-state index in [0.29, 0.717) is 13.0 Å². The number of unbranched alkanes of at least 4 members (excludes halogenated alkanes) is 1. The summed E-state index contributed by atoms with van der Waals surface area (Å²) in [4.78, 5) is 13.8. The summed E-state index contributed by atoms with van der Waals surface area (Å²) in [6.07, 6.45) is 9.74. The van der Waals surface area contributed by atoms with E-state index < -0.39 is 11.5 Å². The summed E-state index contributed by atoms with van der Waals surface area (Å²) < 4.78 is 0. The zero-order chi connectivity index (χ0) is 15.7. The number of nitrogens with one attached hydrogen (secondary N) is 1. The molecule has 1 rings (SSSR count). The van der Waals surface area contributed by atoms with E-state index in [4.69, 9.17) is 0 Å². The molecule has 0 aromatic carbocycles. The molecule has 0 bridgehead atoms. The van der Waals surface area contributed by atoms with Gasteiger partial charge >= 0.3 is 5.97 Å². The number of hydrogen-bond acceptors (Lipinski definition) is 3. The lowest BCUT2D eigenvalue weighted by atomic mass is 9.89. The quantitative estimate of drug-likeness (QED) is 0.608. The fourth-order valence-electron chi connectivity index (χ4n) is 3.42. The third-order valence-corrected chi connectivity index (χ3v) is 4.80. The molecule has 1 unspecified atom stereocenters. The van der Waals surface area contributed by atoms with Crippen molar-refractivity contribution < 1.29 is 9.90 Å². The molecule has 1 saturated carbocycles. The molecule has 2 N–H and O–H groups in total. The molecular weight excluding hydrogens is 264 g/mol. The third-order valence-electron chi connectivity index (χ3n) is 4.80. The van der Waals surface area contributed by atoms with Crippen molar-refractivity contribution in [3.63, 3.8) is 0 Å². The lowest BCUT2D eigenvalue weighted by Gasteiger charge is -2.28. The fraction of sp³-hybridized carbons (Fsp3) is 0.941. The monoisotopic (exact) mass is 298 g/mol. The minimum Gasteiger partial charge on any atom is -0.480 e. The van der Waals surface area contributed by atoms with E-state index in [1.165, 1.54) is 38.6 Å². The molecule has 124 valence electrons. The smallest absolute Gasteiger partial charge is 0.323 e. The van der Waals surface area contributed by atoms with Crippen LogP contribution in [0.15, 0.2) is 0 Å². The van der Waals surface area contributed by atoms with E-state index >= 15 is 0 Å². The number of likely N-dealkylation sites (N-methyl/N-ethyl adjacent to an activating group) is 1. The summed E-state index contributed by atoms with van der Waals surface area (Å²) in [6.45, 7) is 6.75. The Morgan fingerprint density at radius 2 is 1.95 bits per heavy atom. The Balaban J connectivity index is 2.18. The van der Waals surface area contributed by atoms with E-state index in [1.54, 1.807) is 6.92 Å². The van der Waals surface area contributed by atoms with Crippen molar-refractivity contribution in [2.24, 2.45) is 5.92 Å². The van der Waals surface area contributed by atoms with Crippen LogP contribution in [0.5, 0.6) is 0 Å². The zero-order valence-electron chi connectivity index (χ0n) is 14.2. The van der Waals surface area contributed by atoms with Gasteiger partial charge in [-0.05, 0) is 65.1 Å². The Labute approximate surface area is 130 Å². The molecule has 0 aliphatic heterocycles. The summed E-state index contributed by atoms with van der Waals surface area (Å²) in [5.74, 6) is 0.148. The highest BCUT2D eigenvalue weighted by atomic mass is 16.4. The second-order valence-corrected chi connectivity index (χ2v) is 6.89. The second kappa shape index (κ2) is 9.42. The third kappa shape index (κ3) is 6.79. The Bertz CT molecular complexity index is 303. The van der Waals surface area contributed by atoms with Gasteiger partial charge in [-0.2, -0.15) is 0 Å². The van der Waals surface area contributed by atoms with Gasteiger partial charge in [-0.25, -0.2) is 0 Å². The summed E-state index contributed by atoms with van der Waals surface area (Å²) in [7, 11) is 2.20. The largest absolute Gasteiger partial charge is 0.480 e. The van der Waals surface area contributed by atoms with Crippen LogP contribution in [0.1, 0.15) is 65.2 Å². The molecule has 0 saturated heterocycles. The van der Waals surface area contributed by atoms with Gasteiger partial charge in [0.2, 0.25) is 0 Å². The standard InChI is InChI=1S/C17H34N2O2/c1-4-18-17(2,16(20)21)12-8-9-13-19(3)14-15-10-6-5-7-11-15/h15,18H,4-14H2,1-3H3,(H,20,21). The highest BCUT2D eigenvalue weighted by Crippen LogP contribution is 2.24. The van der Waals surface area contributed by atoms with Crippen LogP contribution in [0.2, 0.25) is 0 Å².